The molecule has 1 amide bonds. The summed E-state index contributed by atoms with van der Waals surface area (Å²) in [6.45, 7) is 0. The van der Waals surface area contributed by atoms with Crippen molar-refractivity contribution in [3.05, 3.63) is 77.7 Å². The van der Waals surface area contributed by atoms with Crippen molar-refractivity contribution in [3.8, 4) is 10.4 Å². The molecule has 0 atom stereocenters. The molecule has 3 aromatic rings. The number of hydrogen-bond acceptors (Lipinski definition) is 3. The van der Waals surface area contributed by atoms with Gasteiger partial charge in [0, 0.05) is 5.56 Å². The molecule has 5 heteroatoms. The van der Waals surface area contributed by atoms with Gasteiger partial charge in [-0.05, 0) is 41.4 Å². The van der Waals surface area contributed by atoms with E-state index >= 15 is 0 Å². The average Bonchev–Trinajstić information content (AvgIpc) is 3.04. The molecule has 0 spiro atoms. The molecule has 0 bridgehead atoms. The van der Waals surface area contributed by atoms with Crippen molar-refractivity contribution in [1.82, 2.24) is 5.32 Å². The highest BCUT2D eigenvalue weighted by molar-refractivity contribution is 7.80. The molecule has 0 fully saturated rings. The number of thiocarbonyl (C=S) groups is 1. The number of anilines is 1. The minimum atomic E-state index is -0.223. The molecular formula is C18H14N2OS2. The third kappa shape index (κ3) is 3.83. The maximum atomic E-state index is 12.1. The topological polar surface area (TPSA) is 41.1 Å². The number of carbonyl (C=O) groups excluding carboxylic acids is 1. The number of hydrogen-bond donors (Lipinski definition) is 2. The Kier molecular flexibility index (Phi) is 4.80. The summed E-state index contributed by atoms with van der Waals surface area (Å²) in [5.74, 6) is -0.223. The van der Waals surface area contributed by atoms with E-state index in [-0.39, 0.29) is 11.0 Å². The van der Waals surface area contributed by atoms with Crippen molar-refractivity contribution in [3.63, 3.8) is 0 Å². The first-order valence-corrected chi connectivity index (χ1v) is 8.33. The van der Waals surface area contributed by atoms with E-state index in [0.717, 1.165) is 16.1 Å². The van der Waals surface area contributed by atoms with E-state index in [0.29, 0.717) is 5.56 Å². The average molecular weight is 338 g/mol. The van der Waals surface area contributed by atoms with Crippen molar-refractivity contribution in [2.45, 2.75) is 0 Å². The summed E-state index contributed by atoms with van der Waals surface area (Å²) in [6.07, 6.45) is 0. The van der Waals surface area contributed by atoms with Gasteiger partial charge in [-0.15, -0.1) is 11.3 Å². The van der Waals surface area contributed by atoms with Gasteiger partial charge in [-0.25, -0.2) is 0 Å². The second kappa shape index (κ2) is 7.17. The largest absolute Gasteiger partial charge is 0.331 e. The normalized spacial score (nSPS) is 10.1. The van der Waals surface area contributed by atoms with Crippen LogP contribution in [0.1, 0.15) is 10.4 Å². The molecule has 3 rings (SSSR count). The van der Waals surface area contributed by atoms with Crippen LogP contribution in [0.2, 0.25) is 0 Å². The quantitative estimate of drug-likeness (QED) is 0.689. The summed E-state index contributed by atoms with van der Waals surface area (Å²) in [4.78, 5) is 13.2. The van der Waals surface area contributed by atoms with Crippen molar-refractivity contribution < 1.29 is 4.79 Å². The van der Waals surface area contributed by atoms with Crippen molar-refractivity contribution in [2.24, 2.45) is 0 Å². The molecule has 1 heterocycles. The summed E-state index contributed by atoms with van der Waals surface area (Å²) < 4.78 is 0. The van der Waals surface area contributed by atoms with Crippen LogP contribution >= 0.6 is 23.6 Å². The maximum Gasteiger partial charge on any atom is 0.257 e. The van der Waals surface area contributed by atoms with E-state index in [1.165, 1.54) is 0 Å². The standard InChI is InChI=1S/C18H14N2OS2/c21-17(14-9-5-2-6-10-14)20-18(22)19-15-11-12-23-16(15)13-7-3-1-4-8-13/h1-12H,(H2,19,20,21,22). The van der Waals surface area contributed by atoms with Crippen LogP contribution in [-0.2, 0) is 0 Å². The van der Waals surface area contributed by atoms with Crippen LogP contribution in [-0.4, -0.2) is 11.0 Å². The van der Waals surface area contributed by atoms with E-state index in [4.69, 9.17) is 12.2 Å². The van der Waals surface area contributed by atoms with Crippen LogP contribution in [0.25, 0.3) is 10.4 Å². The molecule has 2 N–H and O–H groups in total. The fraction of sp³-hybridized carbons (Fsp3) is 0. The lowest BCUT2D eigenvalue weighted by molar-refractivity contribution is 0.0978. The van der Waals surface area contributed by atoms with Crippen molar-refractivity contribution >= 4 is 40.3 Å². The molecule has 0 aliphatic rings. The Bertz CT molecular complexity index is 813. The first-order chi connectivity index (χ1) is 11.2. The van der Waals surface area contributed by atoms with Crippen LogP contribution < -0.4 is 10.6 Å². The van der Waals surface area contributed by atoms with E-state index in [2.05, 4.69) is 10.6 Å². The second-order valence-corrected chi connectivity index (χ2v) is 6.13. The summed E-state index contributed by atoms with van der Waals surface area (Å²) in [7, 11) is 0. The van der Waals surface area contributed by atoms with E-state index in [1.54, 1.807) is 23.5 Å². The Labute approximate surface area is 144 Å². The molecule has 3 nitrogen and oxygen atoms in total. The molecule has 1 aromatic heterocycles. The first kappa shape index (κ1) is 15.4. The molecule has 114 valence electrons. The number of nitrogens with one attached hydrogen (secondary N) is 2. The number of carbonyl (C=O) groups is 1. The van der Waals surface area contributed by atoms with Crippen LogP contribution in [0.3, 0.4) is 0 Å². The van der Waals surface area contributed by atoms with Gasteiger partial charge in [-0.2, -0.15) is 0 Å². The monoisotopic (exact) mass is 338 g/mol. The zero-order chi connectivity index (χ0) is 16.1. The molecule has 0 saturated heterocycles. The molecule has 0 radical (unpaired) electrons. The van der Waals surface area contributed by atoms with Gasteiger partial charge in [-0.1, -0.05) is 48.5 Å². The molecule has 0 unspecified atom stereocenters. The Hall–Kier alpha value is -2.50. The minimum Gasteiger partial charge on any atom is -0.331 e. The zero-order valence-electron chi connectivity index (χ0n) is 12.2. The molecule has 23 heavy (non-hydrogen) atoms. The lowest BCUT2D eigenvalue weighted by Crippen LogP contribution is -2.34. The smallest absolute Gasteiger partial charge is 0.257 e. The molecule has 0 aliphatic carbocycles. The summed E-state index contributed by atoms with van der Waals surface area (Å²) in [5, 5.41) is 8.08. The van der Waals surface area contributed by atoms with Crippen molar-refractivity contribution in [2.75, 3.05) is 5.32 Å². The molecule has 0 saturated carbocycles. The summed E-state index contributed by atoms with van der Waals surface area (Å²) >= 11 is 6.87. The van der Waals surface area contributed by atoms with Gasteiger partial charge >= 0.3 is 0 Å². The van der Waals surface area contributed by atoms with Gasteiger partial charge in [0.1, 0.15) is 0 Å². The van der Waals surface area contributed by atoms with Gasteiger partial charge in [0.05, 0.1) is 10.6 Å². The third-order valence-corrected chi connectivity index (χ3v) is 4.38. The predicted octanol–water partition coefficient (Wildman–Crippen LogP) is 4.54. The summed E-state index contributed by atoms with van der Waals surface area (Å²) in [5.41, 5.74) is 2.58. The van der Waals surface area contributed by atoms with Gasteiger partial charge in [0.2, 0.25) is 0 Å². The lowest BCUT2D eigenvalue weighted by atomic mass is 10.2. The molecular weight excluding hydrogens is 324 g/mol. The van der Waals surface area contributed by atoms with Gasteiger partial charge in [0.15, 0.2) is 5.11 Å². The highest BCUT2D eigenvalue weighted by Crippen LogP contribution is 2.33. The maximum absolute atomic E-state index is 12.1. The van der Waals surface area contributed by atoms with Gasteiger partial charge in [0.25, 0.3) is 5.91 Å². The van der Waals surface area contributed by atoms with Crippen molar-refractivity contribution in [1.29, 1.82) is 0 Å². The Morgan fingerprint density at radius 1 is 0.913 bits per heavy atom. The van der Waals surface area contributed by atoms with Gasteiger partial charge in [-0.3, -0.25) is 10.1 Å². The highest BCUT2D eigenvalue weighted by Gasteiger charge is 2.11. The number of thiophene rings is 1. The SMILES string of the molecule is O=C(NC(=S)Nc1ccsc1-c1ccccc1)c1ccccc1. The second-order valence-electron chi connectivity index (χ2n) is 4.80. The van der Waals surface area contributed by atoms with E-state index < -0.39 is 0 Å². The van der Waals surface area contributed by atoms with E-state index in [1.807, 2.05) is 60.0 Å². The minimum absolute atomic E-state index is 0.223. The number of amides is 1. The number of rotatable bonds is 3. The first-order valence-electron chi connectivity index (χ1n) is 7.04. The Balaban J connectivity index is 1.70. The molecule has 2 aromatic carbocycles. The lowest BCUT2D eigenvalue weighted by Gasteiger charge is -2.10. The summed E-state index contributed by atoms with van der Waals surface area (Å²) in [6, 6.07) is 21.0. The fourth-order valence-corrected chi connectivity index (χ4v) is 3.20. The molecule has 0 aliphatic heterocycles. The van der Waals surface area contributed by atoms with Crippen LogP contribution in [0, 0.1) is 0 Å². The van der Waals surface area contributed by atoms with E-state index in [9.17, 15) is 4.79 Å². The predicted molar refractivity (Wildman–Crippen MR) is 99.9 cm³/mol. The highest BCUT2D eigenvalue weighted by atomic mass is 32.1. The van der Waals surface area contributed by atoms with Gasteiger partial charge < -0.3 is 5.32 Å². The van der Waals surface area contributed by atoms with Crippen LogP contribution in [0.4, 0.5) is 5.69 Å². The van der Waals surface area contributed by atoms with Crippen LogP contribution in [0.15, 0.2) is 72.1 Å². The zero-order valence-corrected chi connectivity index (χ0v) is 13.8. The van der Waals surface area contributed by atoms with Crippen LogP contribution in [0.5, 0.6) is 0 Å². The Morgan fingerprint density at radius 2 is 1.57 bits per heavy atom. The fourth-order valence-electron chi connectivity index (χ4n) is 2.14. The Morgan fingerprint density at radius 3 is 2.26 bits per heavy atom. The number of benzene rings is 2. The third-order valence-electron chi connectivity index (χ3n) is 3.21.